The van der Waals surface area contributed by atoms with Crippen molar-refractivity contribution in [2.45, 2.75) is 18.9 Å². The molecule has 1 heterocycles. The van der Waals surface area contributed by atoms with E-state index in [1.54, 1.807) is 0 Å². The molecule has 1 aliphatic rings. The Morgan fingerprint density at radius 1 is 1.67 bits per heavy atom. The van der Waals surface area contributed by atoms with Crippen LogP contribution in [-0.2, 0) is 9.53 Å². The van der Waals surface area contributed by atoms with Crippen molar-refractivity contribution in [3.8, 4) is 0 Å². The van der Waals surface area contributed by atoms with Crippen LogP contribution in [0.1, 0.15) is 12.8 Å². The molecule has 1 rings (SSSR count). The van der Waals surface area contributed by atoms with Crippen molar-refractivity contribution in [3.63, 3.8) is 0 Å². The van der Waals surface area contributed by atoms with E-state index in [4.69, 9.17) is 5.73 Å². The molecule has 0 aliphatic carbocycles. The van der Waals surface area contributed by atoms with Gasteiger partial charge in [0.25, 0.3) is 0 Å². The summed E-state index contributed by atoms with van der Waals surface area (Å²) in [4.78, 5) is 10.4. The highest BCUT2D eigenvalue weighted by molar-refractivity contribution is 5.85. The Morgan fingerprint density at radius 2 is 2.33 bits per heavy atom. The molecule has 54 valence electrons. The Bertz CT molecular complexity index is 107. The first-order chi connectivity index (χ1) is 3.80. The number of carbonyl (C=O) groups excluding carboxylic acids is 1. The number of hydrogen-bond donors (Lipinski definition) is 1. The van der Waals surface area contributed by atoms with E-state index in [1.165, 1.54) is 0 Å². The van der Waals surface area contributed by atoms with E-state index in [-0.39, 0.29) is 24.4 Å². The van der Waals surface area contributed by atoms with E-state index in [0.29, 0.717) is 6.61 Å². The number of nitrogens with two attached hydrogens (primary N) is 1. The first-order valence-corrected chi connectivity index (χ1v) is 2.73. The van der Waals surface area contributed by atoms with Crippen molar-refractivity contribution in [2.75, 3.05) is 6.61 Å². The molecule has 0 amide bonds. The molecule has 0 unspecified atom stereocenters. The Labute approximate surface area is 60.0 Å². The molecule has 0 aromatic rings. The van der Waals surface area contributed by atoms with Gasteiger partial charge in [0.1, 0.15) is 6.04 Å². The summed E-state index contributed by atoms with van der Waals surface area (Å²) in [7, 11) is 0. The minimum absolute atomic E-state index is 0. The van der Waals surface area contributed by atoms with Crippen LogP contribution in [0.5, 0.6) is 0 Å². The van der Waals surface area contributed by atoms with Crippen LogP contribution < -0.4 is 5.73 Å². The van der Waals surface area contributed by atoms with Gasteiger partial charge in [0.05, 0.1) is 6.61 Å². The number of esters is 1. The average molecular weight is 152 g/mol. The molecule has 1 atom stereocenters. The molecular formula is C5H10ClNO2. The molecule has 0 aromatic carbocycles. The van der Waals surface area contributed by atoms with Crippen molar-refractivity contribution in [3.05, 3.63) is 0 Å². The van der Waals surface area contributed by atoms with Crippen molar-refractivity contribution >= 4 is 18.4 Å². The van der Waals surface area contributed by atoms with Gasteiger partial charge in [-0.2, -0.15) is 0 Å². The highest BCUT2D eigenvalue weighted by Crippen LogP contribution is 2.03. The first-order valence-electron chi connectivity index (χ1n) is 2.73. The molecule has 0 spiro atoms. The maximum atomic E-state index is 10.4. The standard InChI is InChI=1S/C5H9NO2.ClH/c6-4-2-1-3-8-5(4)7;/h4H,1-3,6H2;1H/t4-;/m0./s1. The van der Waals surface area contributed by atoms with Crippen LogP contribution >= 0.6 is 12.4 Å². The predicted octanol–water partition coefficient (Wildman–Crippen LogP) is 0.0725. The Hall–Kier alpha value is -0.280. The fraction of sp³-hybridized carbons (Fsp3) is 0.800. The monoisotopic (exact) mass is 151 g/mol. The second-order valence-corrected chi connectivity index (χ2v) is 1.92. The minimum Gasteiger partial charge on any atom is -0.465 e. The average Bonchev–Trinajstić information content (AvgIpc) is 1.77. The van der Waals surface area contributed by atoms with Gasteiger partial charge in [-0.3, -0.25) is 4.79 Å². The van der Waals surface area contributed by atoms with E-state index in [1.807, 2.05) is 0 Å². The van der Waals surface area contributed by atoms with Crippen molar-refractivity contribution in [1.29, 1.82) is 0 Å². The molecule has 0 saturated carbocycles. The molecule has 1 fully saturated rings. The number of ether oxygens (including phenoxy) is 1. The maximum absolute atomic E-state index is 10.4. The number of cyclic esters (lactones) is 1. The van der Waals surface area contributed by atoms with Gasteiger partial charge in [0.15, 0.2) is 0 Å². The highest BCUT2D eigenvalue weighted by atomic mass is 35.5. The van der Waals surface area contributed by atoms with Gasteiger partial charge in [-0.1, -0.05) is 0 Å². The van der Waals surface area contributed by atoms with Gasteiger partial charge in [0.2, 0.25) is 0 Å². The fourth-order valence-electron chi connectivity index (χ4n) is 0.701. The Balaban J connectivity index is 0.000000640. The van der Waals surface area contributed by atoms with Gasteiger partial charge < -0.3 is 10.5 Å². The molecular weight excluding hydrogens is 142 g/mol. The minimum atomic E-state index is -0.358. The third kappa shape index (κ3) is 2.20. The smallest absolute Gasteiger partial charge is 0.322 e. The summed E-state index contributed by atoms with van der Waals surface area (Å²) in [6.45, 7) is 0.548. The van der Waals surface area contributed by atoms with E-state index in [9.17, 15) is 4.79 Å². The molecule has 0 aromatic heterocycles. The molecule has 4 heteroatoms. The zero-order chi connectivity index (χ0) is 5.98. The predicted molar refractivity (Wildman–Crippen MR) is 35.4 cm³/mol. The highest BCUT2D eigenvalue weighted by Gasteiger charge is 2.18. The van der Waals surface area contributed by atoms with Gasteiger partial charge in [-0.25, -0.2) is 0 Å². The third-order valence-corrected chi connectivity index (χ3v) is 1.21. The number of rotatable bonds is 0. The van der Waals surface area contributed by atoms with E-state index in [2.05, 4.69) is 4.74 Å². The summed E-state index contributed by atoms with van der Waals surface area (Å²) >= 11 is 0. The van der Waals surface area contributed by atoms with Gasteiger partial charge in [-0.15, -0.1) is 12.4 Å². The lowest BCUT2D eigenvalue weighted by Gasteiger charge is -2.15. The quantitative estimate of drug-likeness (QED) is 0.499. The first kappa shape index (κ1) is 8.72. The maximum Gasteiger partial charge on any atom is 0.322 e. The topological polar surface area (TPSA) is 52.3 Å². The van der Waals surface area contributed by atoms with Crippen LogP contribution in [0.2, 0.25) is 0 Å². The second-order valence-electron chi connectivity index (χ2n) is 1.92. The number of hydrogen-bond acceptors (Lipinski definition) is 3. The summed E-state index contributed by atoms with van der Waals surface area (Å²) in [6, 6.07) is -0.358. The summed E-state index contributed by atoms with van der Waals surface area (Å²) < 4.78 is 4.63. The van der Waals surface area contributed by atoms with Crippen LogP contribution in [0.4, 0.5) is 0 Å². The van der Waals surface area contributed by atoms with Crippen molar-refractivity contribution < 1.29 is 9.53 Å². The molecule has 1 saturated heterocycles. The van der Waals surface area contributed by atoms with Gasteiger partial charge in [0, 0.05) is 0 Å². The zero-order valence-corrected chi connectivity index (χ0v) is 5.82. The summed E-state index contributed by atoms with van der Waals surface area (Å²) in [5.41, 5.74) is 5.30. The van der Waals surface area contributed by atoms with Crippen LogP contribution in [0, 0.1) is 0 Å². The van der Waals surface area contributed by atoms with Crippen LogP contribution in [-0.4, -0.2) is 18.6 Å². The largest absolute Gasteiger partial charge is 0.465 e. The molecule has 0 radical (unpaired) electrons. The Kier molecular flexibility index (Phi) is 3.58. The van der Waals surface area contributed by atoms with Crippen LogP contribution in [0.25, 0.3) is 0 Å². The summed E-state index contributed by atoms with van der Waals surface area (Å²) in [5.74, 6) is -0.253. The van der Waals surface area contributed by atoms with E-state index < -0.39 is 0 Å². The molecule has 9 heavy (non-hydrogen) atoms. The SMILES string of the molecule is Cl.N[C@H]1CCCOC1=O. The lowest BCUT2D eigenvalue weighted by atomic mass is 10.1. The van der Waals surface area contributed by atoms with E-state index in [0.717, 1.165) is 12.8 Å². The molecule has 3 nitrogen and oxygen atoms in total. The second kappa shape index (κ2) is 3.69. The summed E-state index contributed by atoms with van der Waals surface area (Å²) in [5, 5.41) is 0. The number of halogens is 1. The van der Waals surface area contributed by atoms with Gasteiger partial charge >= 0.3 is 5.97 Å². The third-order valence-electron chi connectivity index (χ3n) is 1.21. The molecule has 2 N–H and O–H groups in total. The number of carbonyl (C=O) groups is 1. The normalized spacial score (nSPS) is 26.3. The molecule has 1 aliphatic heterocycles. The lowest BCUT2D eigenvalue weighted by molar-refractivity contribution is -0.148. The van der Waals surface area contributed by atoms with Gasteiger partial charge in [-0.05, 0) is 12.8 Å². The van der Waals surface area contributed by atoms with Crippen molar-refractivity contribution in [1.82, 2.24) is 0 Å². The molecule has 0 bridgehead atoms. The Morgan fingerprint density at radius 3 is 2.67 bits per heavy atom. The fourth-order valence-corrected chi connectivity index (χ4v) is 0.701. The van der Waals surface area contributed by atoms with Crippen LogP contribution in [0.3, 0.4) is 0 Å². The van der Waals surface area contributed by atoms with E-state index >= 15 is 0 Å². The summed E-state index contributed by atoms with van der Waals surface area (Å²) in [6.07, 6.45) is 1.69. The zero-order valence-electron chi connectivity index (χ0n) is 5.00. The van der Waals surface area contributed by atoms with Crippen LogP contribution in [0.15, 0.2) is 0 Å². The lowest BCUT2D eigenvalue weighted by Crippen LogP contribution is -2.36. The van der Waals surface area contributed by atoms with Crippen molar-refractivity contribution in [2.24, 2.45) is 5.73 Å².